The monoisotopic (exact) mass is 171 g/mol. The van der Waals surface area contributed by atoms with Gasteiger partial charge in [0.15, 0.2) is 0 Å². The minimum atomic E-state index is -2.02. The Labute approximate surface area is 69.6 Å². The van der Waals surface area contributed by atoms with Crippen molar-refractivity contribution in [3.8, 4) is 0 Å². The van der Waals surface area contributed by atoms with Crippen LogP contribution in [0.25, 0.3) is 0 Å². The van der Waals surface area contributed by atoms with Crippen molar-refractivity contribution < 1.29 is 4.57 Å². The maximum absolute atomic E-state index is 11.8. The fraction of sp³-hybridized carbons (Fsp3) is 0.444. The highest BCUT2D eigenvalue weighted by molar-refractivity contribution is 7.64. The molecule has 0 heterocycles. The minimum Gasteiger partial charge on any atom is -0.323 e. The molecule has 0 rings (SSSR count). The van der Waals surface area contributed by atoms with Crippen molar-refractivity contribution >= 4 is 7.14 Å². The summed E-state index contributed by atoms with van der Waals surface area (Å²) in [6, 6.07) is 0. The topological polar surface area (TPSA) is 17.1 Å². The lowest BCUT2D eigenvalue weighted by Gasteiger charge is -2.12. The summed E-state index contributed by atoms with van der Waals surface area (Å²) < 4.78 is 11.8. The Morgan fingerprint density at radius 3 is 1.91 bits per heavy atom. The van der Waals surface area contributed by atoms with E-state index in [1.54, 1.807) is 12.2 Å². The fourth-order valence-corrected chi connectivity index (χ4v) is 3.05. The van der Waals surface area contributed by atoms with Crippen molar-refractivity contribution in [2.24, 2.45) is 0 Å². The van der Waals surface area contributed by atoms with Crippen LogP contribution in [0.2, 0.25) is 0 Å². The second-order valence-corrected chi connectivity index (χ2v) is 5.87. The normalized spacial score (nSPS) is 11.0. The summed E-state index contributed by atoms with van der Waals surface area (Å²) in [4.78, 5) is 0. The molecule has 0 aliphatic rings. The second kappa shape index (κ2) is 5.37. The first kappa shape index (κ1) is 10.7. The first-order valence-corrected chi connectivity index (χ1v) is 6.03. The molecule has 1 radical (unpaired) electrons. The van der Waals surface area contributed by atoms with Crippen molar-refractivity contribution in [1.82, 2.24) is 0 Å². The third-order valence-electron chi connectivity index (χ3n) is 1.49. The van der Waals surface area contributed by atoms with Crippen molar-refractivity contribution in [3.05, 3.63) is 32.2 Å². The van der Waals surface area contributed by atoms with E-state index < -0.39 is 7.14 Å². The number of hydrogen-bond acceptors (Lipinski definition) is 1. The van der Waals surface area contributed by atoms with Gasteiger partial charge in [0, 0.05) is 18.5 Å². The van der Waals surface area contributed by atoms with Gasteiger partial charge in [-0.2, -0.15) is 0 Å². The lowest BCUT2D eigenvalue weighted by Crippen LogP contribution is -1.95. The van der Waals surface area contributed by atoms with Crippen LogP contribution in [0.15, 0.2) is 25.3 Å². The molecule has 0 aliphatic carbocycles. The van der Waals surface area contributed by atoms with E-state index >= 15 is 0 Å². The highest BCUT2D eigenvalue weighted by atomic mass is 31.2. The van der Waals surface area contributed by atoms with Crippen LogP contribution in [-0.4, -0.2) is 18.5 Å². The Kier molecular flexibility index (Phi) is 5.23. The Bertz CT molecular complexity index is 158. The molecule has 0 N–H and O–H groups in total. The number of rotatable bonds is 6. The molecule has 0 saturated heterocycles. The largest absolute Gasteiger partial charge is 0.323 e. The first-order chi connectivity index (χ1) is 5.18. The Hall–Kier alpha value is -0.290. The van der Waals surface area contributed by atoms with Crippen LogP contribution in [0.3, 0.4) is 0 Å². The van der Waals surface area contributed by atoms with E-state index in [2.05, 4.69) is 20.1 Å². The summed E-state index contributed by atoms with van der Waals surface area (Å²) in [7, 11) is -2.02. The van der Waals surface area contributed by atoms with E-state index in [1.807, 2.05) is 0 Å². The minimum absolute atomic E-state index is 0.620. The van der Waals surface area contributed by atoms with Crippen LogP contribution in [0, 0.1) is 6.92 Å². The predicted molar refractivity (Wildman–Crippen MR) is 52.6 cm³/mol. The number of hydrogen-bond donors (Lipinski definition) is 0. The summed E-state index contributed by atoms with van der Waals surface area (Å²) in [5, 5.41) is 0. The van der Waals surface area contributed by atoms with Crippen LogP contribution in [-0.2, 0) is 4.57 Å². The van der Waals surface area contributed by atoms with Crippen LogP contribution in [0.4, 0.5) is 0 Å². The van der Waals surface area contributed by atoms with E-state index in [0.717, 1.165) is 6.42 Å². The molecule has 0 aliphatic heterocycles. The molecule has 0 saturated carbocycles. The van der Waals surface area contributed by atoms with Gasteiger partial charge in [0.25, 0.3) is 0 Å². The van der Waals surface area contributed by atoms with Gasteiger partial charge in [0.1, 0.15) is 0 Å². The molecule has 0 bridgehead atoms. The molecule has 1 nitrogen and oxygen atoms in total. The molecule has 0 fully saturated rings. The van der Waals surface area contributed by atoms with Crippen LogP contribution < -0.4 is 0 Å². The van der Waals surface area contributed by atoms with Gasteiger partial charge in [-0.1, -0.05) is 19.1 Å². The zero-order valence-electron chi connectivity index (χ0n) is 6.96. The molecule has 0 aromatic heterocycles. The van der Waals surface area contributed by atoms with Gasteiger partial charge in [-0.05, 0) is 6.42 Å². The van der Waals surface area contributed by atoms with Gasteiger partial charge in [0.05, 0.1) is 7.14 Å². The zero-order chi connectivity index (χ0) is 8.74. The standard InChI is InChI=1S/C9H16OP/c1-4-7-11(10,8-5-2)9-6-3/h4-5H,1-3,6-9H2. The molecule has 0 unspecified atom stereocenters. The molecule has 0 aromatic carbocycles. The molecule has 0 spiro atoms. The summed E-state index contributed by atoms with van der Waals surface area (Å²) >= 11 is 0. The van der Waals surface area contributed by atoms with Gasteiger partial charge < -0.3 is 4.57 Å². The van der Waals surface area contributed by atoms with E-state index in [-0.39, 0.29) is 0 Å². The summed E-state index contributed by atoms with van der Waals surface area (Å²) in [5.41, 5.74) is 0. The van der Waals surface area contributed by atoms with Crippen molar-refractivity contribution in [2.75, 3.05) is 18.5 Å². The maximum atomic E-state index is 11.8. The van der Waals surface area contributed by atoms with E-state index in [4.69, 9.17) is 0 Å². The molecule has 0 atom stereocenters. The van der Waals surface area contributed by atoms with E-state index in [9.17, 15) is 4.57 Å². The predicted octanol–water partition coefficient (Wildman–Crippen LogP) is 2.95. The van der Waals surface area contributed by atoms with Crippen molar-refractivity contribution in [1.29, 1.82) is 0 Å². The van der Waals surface area contributed by atoms with Gasteiger partial charge in [0.2, 0.25) is 0 Å². The quantitative estimate of drug-likeness (QED) is 0.443. The fourth-order valence-electron chi connectivity index (χ4n) is 1.02. The van der Waals surface area contributed by atoms with Crippen LogP contribution in [0.5, 0.6) is 0 Å². The van der Waals surface area contributed by atoms with Gasteiger partial charge >= 0.3 is 0 Å². The van der Waals surface area contributed by atoms with Gasteiger partial charge in [-0.3, -0.25) is 0 Å². The zero-order valence-corrected chi connectivity index (χ0v) is 7.85. The molecule has 11 heavy (non-hydrogen) atoms. The molecule has 63 valence electrons. The summed E-state index contributed by atoms with van der Waals surface area (Å²) in [5.74, 6) is 0. The van der Waals surface area contributed by atoms with Crippen molar-refractivity contribution in [2.45, 2.75) is 6.42 Å². The average molecular weight is 171 g/mol. The smallest absolute Gasteiger partial charge is 0.0948 e. The lowest BCUT2D eigenvalue weighted by molar-refractivity contribution is 0.578. The van der Waals surface area contributed by atoms with Gasteiger partial charge in [-0.15, -0.1) is 13.2 Å². The summed E-state index contributed by atoms with van der Waals surface area (Å²) in [6.45, 7) is 10.9. The number of allylic oxidation sites excluding steroid dienone is 2. The Balaban J connectivity index is 4.11. The highest BCUT2D eigenvalue weighted by Crippen LogP contribution is 2.45. The Morgan fingerprint density at radius 2 is 1.64 bits per heavy atom. The van der Waals surface area contributed by atoms with Crippen LogP contribution in [0.1, 0.15) is 6.42 Å². The molecule has 0 aromatic rings. The third-order valence-corrected chi connectivity index (χ3v) is 4.47. The molecule has 0 amide bonds. The van der Waals surface area contributed by atoms with Crippen LogP contribution >= 0.6 is 7.14 Å². The van der Waals surface area contributed by atoms with E-state index in [1.165, 1.54) is 0 Å². The first-order valence-electron chi connectivity index (χ1n) is 3.76. The molecule has 2 heteroatoms. The van der Waals surface area contributed by atoms with Crippen molar-refractivity contribution in [3.63, 3.8) is 0 Å². The average Bonchev–Trinajstić information content (AvgIpc) is 1.88. The second-order valence-electron chi connectivity index (χ2n) is 2.58. The summed E-state index contributed by atoms with van der Waals surface area (Å²) in [6.07, 6.45) is 6.13. The SMILES string of the molecule is [CH2]CCP(=O)(CC=C)CC=C. The highest BCUT2D eigenvalue weighted by Gasteiger charge is 2.16. The molecular formula is C9H16OP. The third kappa shape index (κ3) is 4.21. The van der Waals surface area contributed by atoms with Gasteiger partial charge in [-0.25, -0.2) is 0 Å². The molecular weight excluding hydrogens is 155 g/mol. The lowest BCUT2D eigenvalue weighted by atomic mass is 10.6. The maximum Gasteiger partial charge on any atom is 0.0948 e. The Morgan fingerprint density at radius 1 is 1.18 bits per heavy atom. The van der Waals surface area contributed by atoms with E-state index in [0.29, 0.717) is 18.5 Å².